The maximum absolute atomic E-state index is 12.4. The summed E-state index contributed by atoms with van der Waals surface area (Å²) in [5.41, 5.74) is 2.11. The van der Waals surface area contributed by atoms with Crippen LogP contribution in [-0.4, -0.2) is 18.0 Å². The molecule has 0 unspecified atom stereocenters. The summed E-state index contributed by atoms with van der Waals surface area (Å²) in [6, 6.07) is 13.0. The summed E-state index contributed by atoms with van der Waals surface area (Å²) in [6.45, 7) is 0. The van der Waals surface area contributed by atoms with Crippen molar-refractivity contribution >= 4 is 38.4 Å². The van der Waals surface area contributed by atoms with Crippen LogP contribution in [0, 0.1) is 0 Å². The molecule has 1 amide bonds. The van der Waals surface area contributed by atoms with E-state index < -0.39 is 0 Å². The van der Waals surface area contributed by atoms with Gasteiger partial charge in [0.1, 0.15) is 5.75 Å². The molecule has 1 heterocycles. The van der Waals surface area contributed by atoms with Crippen LogP contribution in [0.5, 0.6) is 5.75 Å². The lowest BCUT2D eigenvalue weighted by molar-refractivity contribution is 0.102. The highest BCUT2D eigenvalue weighted by Crippen LogP contribution is 2.25. The minimum atomic E-state index is -0.164. The highest BCUT2D eigenvalue weighted by Gasteiger charge is 2.11. The Labute approximate surface area is 130 Å². The van der Waals surface area contributed by atoms with Gasteiger partial charge in [0, 0.05) is 27.8 Å². The summed E-state index contributed by atoms with van der Waals surface area (Å²) in [5, 5.41) is 3.90. The SMILES string of the molecule is COc1cc(Br)cc(NC(=O)c2cccc3cc[nH]c23)c1. The fourth-order valence-electron chi connectivity index (χ4n) is 2.23. The normalized spacial score (nSPS) is 10.6. The monoisotopic (exact) mass is 344 g/mol. The van der Waals surface area contributed by atoms with E-state index in [0.717, 1.165) is 15.4 Å². The zero-order valence-corrected chi connectivity index (χ0v) is 12.9. The van der Waals surface area contributed by atoms with E-state index >= 15 is 0 Å². The van der Waals surface area contributed by atoms with E-state index in [1.54, 1.807) is 19.2 Å². The number of nitrogens with one attached hydrogen (secondary N) is 2. The summed E-state index contributed by atoms with van der Waals surface area (Å²) in [4.78, 5) is 15.5. The number of carbonyl (C=O) groups excluding carboxylic acids is 1. The van der Waals surface area contributed by atoms with E-state index in [-0.39, 0.29) is 5.91 Å². The topological polar surface area (TPSA) is 54.1 Å². The van der Waals surface area contributed by atoms with E-state index in [2.05, 4.69) is 26.2 Å². The van der Waals surface area contributed by atoms with E-state index in [4.69, 9.17) is 4.74 Å². The van der Waals surface area contributed by atoms with Crippen LogP contribution in [0.15, 0.2) is 53.1 Å². The third-order valence-electron chi connectivity index (χ3n) is 3.20. The summed E-state index contributed by atoms with van der Waals surface area (Å²) >= 11 is 3.40. The number of rotatable bonds is 3. The lowest BCUT2D eigenvalue weighted by Gasteiger charge is -2.09. The van der Waals surface area contributed by atoms with Crippen LogP contribution in [-0.2, 0) is 0 Å². The predicted molar refractivity (Wildman–Crippen MR) is 86.9 cm³/mol. The van der Waals surface area contributed by atoms with Crippen molar-refractivity contribution in [2.24, 2.45) is 0 Å². The van der Waals surface area contributed by atoms with Gasteiger partial charge in [-0.15, -0.1) is 0 Å². The van der Waals surface area contributed by atoms with E-state index in [1.165, 1.54) is 0 Å². The molecule has 0 saturated heterocycles. The third kappa shape index (κ3) is 2.78. The molecule has 0 aliphatic carbocycles. The van der Waals surface area contributed by atoms with Crippen LogP contribution in [0.3, 0.4) is 0 Å². The summed E-state index contributed by atoms with van der Waals surface area (Å²) in [7, 11) is 1.59. The van der Waals surface area contributed by atoms with Gasteiger partial charge in [0.15, 0.2) is 0 Å². The number of methoxy groups -OCH3 is 1. The van der Waals surface area contributed by atoms with Gasteiger partial charge in [0.25, 0.3) is 5.91 Å². The van der Waals surface area contributed by atoms with Gasteiger partial charge >= 0.3 is 0 Å². The van der Waals surface area contributed by atoms with Crippen molar-refractivity contribution in [1.82, 2.24) is 4.98 Å². The summed E-state index contributed by atoms with van der Waals surface area (Å²) in [5.74, 6) is 0.515. The number of fused-ring (bicyclic) bond motifs is 1. The van der Waals surface area contributed by atoms with Gasteiger partial charge in [-0.05, 0) is 24.3 Å². The number of para-hydroxylation sites is 1. The number of hydrogen-bond donors (Lipinski definition) is 2. The molecular weight excluding hydrogens is 332 g/mol. The van der Waals surface area contributed by atoms with Crippen molar-refractivity contribution in [3.8, 4) is 5.75 Å². The van der Waals surface area contributed by atoms with Crippen molar-refractivity contribution in [2.75, 3.05) is 12.4 Å². The van der Waals surface area contributed by atoms with Crippen molar-refractivity contribution in [1.29, 1.82) is 0 Å². The van der Waals surface area contributed by atoms with E-state index in [9.17, 15) is 4.79 Å². The van der Waals surface area contributed by atoms with Crippen LogP contribution in [0.1, 0.15) is 10.4 Å². The summed E-state index contributed by atoms with van der Waals surface area (Å²) in [6.07, 6.45) is 1.82. The average Bonchev–Trinajstić information content (AvgIpc) is 2.94. The number of H-pyrrole nitrogens is 1. The molecule has 0 atom stereocenters. The van der Waals surface area contributed by atoms with Gasteiger partial charge in [-0.1, -0.05) is 28.1 Å². The van der Waals surface area contributed by atoms with Crippen LogP contribution < -0.4 is 10.1 Å². The highest BCUT2D eigenvalue weighted by atomic mass is 79.9. The molecule has 21 heavy (non-hydrogen) atoms. The van der Waals surface area contributed by atoms with Gasteiger partial charge in [-0.3, -0.25) is 4.79 Å². The first-order valence-corrected chi connectivity index (χ1v) is 7.19. The first-order chi connectivity index (χ1) is 10.2. The smallest absolute Gasteiger partial charge is 0.257 e. The van der Waals surface area contributed by atoms with Crippen molar-refractivity contribution in [2.45, 2.75) is 0 Å². The molecule has 2 aromatic carbocycles. The molecule has 0 saturated carbocycles. The number of benzene rings is 2. The van der Waals surface area contributed by atoms with E-state index in [1.807, 2.05) is 36.5 Å². The summed E-state index contributed by atoms with van der Waals surface area (Å²) < 4.78 is 6.04. The Morgan fingerprint density at radius 3 is 2.90 bits per heavy atom. The van der Waals surface area contributed by atoms with Crippen LogP contribution in [0.25, 0.3) is 10.9 Å². The molecule has 4 nitrogen and oxygen atoms in total. The van der Waals surface area contributed by atoms with Crippen molar-refractivity contribution < 1.29 is 9.53 Å². The quantitative estimate of drug-likeness (QED) is 0.748. The van der Waals surface area contributed by atoms with Crippen LogP contribution >= 0.6 is 15.9 Å². The van der Waals surface area contributed by atoms with Crippen molar-refractivity contribution in [3.63, 3.8) is 0 Å². The van der Waals surface area contributed by atoms with Gasteiger partial charge in [-0.25, -0.2) is 0 Å². The molecule has 2 N–H and O–H groups in total. The standard InChI is InChI=1S/C16H13BrN2O2/c1-21-13-8-11(17)7-12(9-13)19-16(20)14-4-2-3-10-5-6-18-15(10)14/h2-9,18H,1H3,(H,19,20). The van der Waals surface area contributed by atoms with Gasteiger partial charge in [0.05, 0.1) is 18.2 Å². The second-order valence-corrected chi connectivity index (χ2v) is 5.50. The molecule has 3 rings (SSSR count). The maximum Gasteiger partial charge on any atom is 0.257 e. The number of anilines is 1. The minimum Gasteiger partial charge on any atom is -0.497 e. The number of ether oxygens (including phenoxy) is 1. The molecule has 5 heteroatoms. The largest absolute Gasteiger partial charge is 0.497 e. The van der Waals surface area contributed by atoms with Crippen molar-refractivity contribution in [3.05, 3.63) is 58.7 Å². The predicted octanol–water partition coefficient (Wildman–Crippen LogP) is 4.19. The molecular formula is C16H13BrN2O2. The zero-order valence-electron chi connectivity index (χ0n) is 11.3. The Morgan fingerprint density at radius 2 is 2.10 bits per heavy atom. The van der Waals surface area contributed by atoms with E-state index in [0.29, 0.717) is 17.0 Å². The molecule has 3 aromatic rings. The Balaban J connectivity index is 1.93. The molecule has 0 aliphatic heterocycles. The second-order valence-electron chi connectivity index (χ2n) is 4.58. The Hall–Kier alpha value is -2.27. The molecule has 0 radical (unpaired) electrons. The lowest BCUT2D eigenvalue weighted by atomic mass is 10.1. The molecule has 0 spiro atoms. The number of aromatic amines is 1. The molecule has 0 bridgehead atoms. The minimum absolute atomic E-state index is 0.164. The average molecular weight is 345 g/mol. The number of amides is 1. The molecule has 0 fully saturated rings. The number of carbonyl (C=O) groups is 1. The number of hydrogen-bond acceptors (Lipinski definition) is 2. The Bertz CT molecular complexity index is 811. The Morgan fingerprint density at radius 1 is 1.24 bits per heavy atom. The molecule has 0 aliphatic rings. The second kappa shape index (κ2) is 5.61. The lowest BCUT2D eigenvalue weighted by Crippen LogP contribution is -2.12. The van der Waals surface area contributed by atoms with Gasteiger partial charge in [0.2, 0.25) is 0 Å². The molecule has 106 valence electrons. The first kappa shape index (κ1) is 13.7. The third-order valence-corrected chi connectivity index (χ3v) is 3.65. The number of halogens is 1. The maximum atomic E-state index is 12.4. The molecule has 1 aromatic heterocycles. The van der Waals surface area contributed by atoms with Gasteiger partial charge < -0.3 is 15.0 Å². The van der Waals surface area contributed by atoms with Crippen LogP contribution in [0.2, 0.25) is 0 Å². The fraction of sp³-hybridized carbons (Fsp3) is 0.0625. The first-order valence-electron chi connectivity index (χ1n) is 6.39. The fourth-order valence-corrected chi connectivity index (χ4v) is 2.70. The number of aromatic nitrogens is 1. The van der Waals surface area contributed by atoms with Gasteiger partial charge in [-0.2, -0.15) is 0 Å². The Kier molecular flexibility index (Phi) is 3.66. The van der Waals surface area contributed by atoms with Crippen LogP contribution in [0.4, 0.5) is 5.69 Å². The zero-order chi connectivity index (χ0) is 14.8. The highest BCUT2D eigenvalue weighted by molar-refractivity contribution is 9.10.